The van der Waals surface area contributed by atoms with Crippen LogP contribution in [-0.2, 0) is 5.11 Å². The molecule has 0 aliphatic carbocycles. The van der Waals surface area contributed by atoms with E-state index < -0.39 is 0 Å². The SMILES string of the molecule is CNC(=O)c1cc([O])[nH]n1. The van der Waals surface area contributed by atoms with Gasteiger partial charge in [0.1, 0.15) is 0 Å². The minimum atomic E-state index is -0.363. The molecular weight excluding hydrogens is 134 g/mol. The van der Waals surface area contributed by atoms with Gasteiger partial charge < -0.3 is 5.32 Å². The summed E-state index contributed by atoms with van der Waals surface area (Å²) in [7, 11) is 1.47. The number of nitrogens with one attached hydrogen (secondary N) is 2. The fourth-order valence-corrected chi connectivity index (χ4v) is 0.548. The van der Waals surface area contributed by atoms with E-state index in [1.807, 2.05) is 0 Å². The van der Waals surface area contributed by atoms with Gasteiger partial charge in [0.15, 0.2) is 5.69 Å². The molecule has 1 aromatic rings. The van der Waals surface area contributed by atoms with Crippen molar-refractivity contribution in [3.8, 4) is 5.88 Å². The zero-order valence-electron chi connectivity index (χ0n) is 5.34. The first-order valence-corrected chi connectivity index (χ1v) is 2.68. The average Bonchev–Trinajstić information content (AvgIpc) is 2.34. The van der Waals surface area contributed by atoms with Crippen molar-refractivity contribution in [2.24, 2.45) is 0 Å². The van der Waals surface area contributed by atoms with Gasteiger partial charge in [-0.15, -0.1) is 0 Å². The van der Waals surface area contributed by atoms with Gasteiger partial charge in [0.05, 0.1) is 0 Å². The summed E-state index contributed by atoms with van der Waals surface area (Å²) >= 11 is 0. The highest BCUT2D eigenvalue weighted by molar-refractivity contribution is 5.92. The number of hydrogen-bond donors (Lipinski definition) is 2. The van der Waals surface area contributed by atoms with Crippen molar-refractivity contribution >= 4 is 5.91 Å². The summed E-state index contributed by atoms with van der Waals surface area (Å²) in [4.78, 5) is 10.7. The third-order valence-electron chi connectivity index (χ3n) is 1.01. The molecule has 53 valence electrons. The first kappa shape index (κ1) is 6.60. The number of hydrogen-bond acceptors (Lipinski definition) is 2. The summed E-state index contributed by atoms with van der Waals surface area (Å²) in [6, 6.07) is 1.14. The summed E-state index contributed by atoms with van der Waals surface area (Å²) < 4.78 is 0. The number of aromatic amines is 1. The van der Waals surface area contributed by atoms with E-state index in [2.05, 4.69) is 15.5 Å². The molecule has 2 N–H and O–H groups in total. The Balaban J connectivity index is 2.85. The van der Waals surface area contributed by atoms with Crippen LogP contribution in [0.3, 0.4) is 0 Å². The van der Waals surface area contributed by atoms with Gasteiger partial charge in [0.2, 0.25) is 0 Å². The van der Waals surface area contributed by atoms with Crippen LogP contribution in [0, 0.1) is 0 Å². The van der Waals surface area contributed by atoms with Crippen LogP contribution in [0.1, 0.15) is 10.5 Å². The molecule has 0 aliphatic heterocycles. The number of carbonyl (C=O) groups is 1. The first-order valence-electron chi connectivity index (χ1n) is 2.68. The highest BCUT2D eigenvalue weighted by atomic mass is 16.3. The highest BCUT2D eigenvalue weighted by Gasteiger charge is 2.07. The van der Waals surface area contributed by atoms with Gasteiger partial charge in [-0.05, 0) is 0 Å². The van der Waals surface area contributed by atoms with Crippen LogP contribution in [0.5, 0.6) is 5.88 Å². The van der Waals surface area contributed by atoms with Gasteiger partial charge in [-0.25, -0.2) is 5.10 Å². The predicted octanol–water partition coefficient (Wildman–Crippen LogP) is -0.0869. The second-order valence-corrected chi connectivity index (χ2v) is 1.70. The van der Waals surface area contributed by atoms with Crippen molar-refractivity contribution in [1.29, 1.82) is 0 Å². The Morgan fingerprint density at radius 3 is 2.90 bits per heavy atom. The third kappa shape index (κ3) is 1.07. The van der Waals surface area contributed by atoms with Gasteiger partial charge in [0.25, 0.3) is 11.8 Å². The number of H-pyrrole nitrogens is 1. The summed E-state index contributed by atoms with van der Waals surface area (Å²) in [6.45, 7) is 0. The molecule has 0 aromatic carbocycles. The molecule has 1 radical (unpaired) electrons. The van der Waals surface area contributed by atoms with Crippen molar-refractivity contribution in [2.75, 3.05) is 7.05 Å². The van der Waals surface area contributed by atoms with Crippen LogP contribution in [0.2, 0.25) is 0 Å². The van der Waals surface area contributed by atoms with E-state index in [1.54, 1.807) is 0 Å². The number of amides is 1. The summed E-state index contributed by atoms with van der Waals surface area (Å²) in [5.74, 6) is -0.725. The molecule has 10 heavy (non-hydrogen) atoms. The van der Waals surface area contributed by atoms with Gasteiger partial charge in [0, 0.05) is 13.1 Å². The Kier molecular flexibility index (Phi) is 1.57. The number of carbonyl (C=O) groups excluding carboxylic acids is 1. The lowest BCUT2D eigenvalue weighted by molar-refractivity contribution is 0.0958. The molecule has 1 rings (SSSR count). The van der Waals surface area contributed by atoms with Crippen molar-refractivity contribution in [3.05, 3.63) is 11.8 Å². The van der Waals surface area contributed by atoms with E-state index in [0.29, 0.717) is 0 Å². The van der Waals surface area contributed by atoms with Crippen molar-refractivity contribution in [3.63, 3.8) is 0 Å². The Morgan fingerprint density at radius 2 is 2.50 bits per heavy atom. The van der Waals surface area contributed by atoms with Gasteiger partial charge in [-0.1, -0.05) is 0 Å². The Bertz CT molecular complexity index is 243. The van der Waals surface area contributed by atoms with Gasteiger partial charge in [-0.2, -0.15) is 5.10 Å². The number of nitrogens with zero attached hydrogens (tertiary/aromatic N) is 1. The lowest BCUT2D eigenvalue weighted by Gasteiger charge is -1.89. The molecule has 1 aromatic heterocycles. The maximum atomic E-state index is 10.7. The van der Waals surface area contributed by atoms with Crippen LogP contribution >= 0.6 is 0 Å². The highest BCUT2D eigenvalue weighted by Crippen LogP contribution is 2.04. The molecule has 0 aliphatic rings. The molecule has 0 saturated heterocycles. The average molecular weight is 140 g/mol. The predicted molar refractivity (Wildman–Crippen MR) is 32.1 cm³/mol. The lowest BCUT2D eigenvalue weighted by atomic mass is 10.4. The smallest absolute Gasteiger partial charge is 0.271 e. The number of aromatic nitrogens is 2. The molecular formula is C5H6N3O2. The van der Waals surface area contributed by atoms with E-state index in [4.69, 9.17) is 0 Å². The molecule has 0 saturated carbocycles. The maximum Gasteiger partial charge on any atom is 0.271 e. The maximum absolute atomic E-state index is 10.7. The Labute approximate surface area is 57.1 Å². The van der Waals surface area contributed by atoms with Crippen LogP contribution in [-0.4, -0.2) is 23.2 Å². The number of rotatable bonds is 1. The van der Waals surface area contributed by atoms with Crippen LogP contribution in [0.25, 0.3) is 0 Å². The molecule has 0 unspecified atom stereocenters. The molecule has 5 nitrogen and oxygen atoms in total. The largest absolute Gasteiger partial charge is 0.354 e. The minimum Gasteiger partial charge on any atom is -0.354 e. The monoisotopic (exact) mass is 140 g/mol. The second kappa shape index (κ2) is 2.38. The molecule has 0 atom stereocenters. The zero-order valence-corrected chi connectivity index (χ0v) is 5.34. The Hall–Kier alpha value is -1.52. The quantitative estimate of drug-likeness (QED) is 0.572. The van der Waals surface area contributed by atoms with Crippen LogP contribution in [0.15, 0.2) is 6.07 Å². The zero-order chi connectivity index (χ0) is 7.56. The lowest BCUT2D eigenvalue weighted by Crippen LogP contribution is -2.17. The third-order valence-corrected chi connectivity index (χ3v) is 1.01. The van der Waals surface area contributed by atoms with Crippen LogP contribution in [0.4, 0.5) is 0 Å². The summed E-state index contributed by atoms with van der Waals surface area (Å²) in [5, 5.41) is 18.3. The molecule has 0 bridgehead atoms. The van der Waals surface area contributed by atoms with Crippen molar-refractivity contribution in [1.82, 2.24) is 15.5 Å². The molecule has 1 amide bonds. The fraction of sp³-hybridized carbons (Fsp3) is 0.200. The van der Waals surface area contributed by atoms with Crippen LogP contribution < -0.4 is 5.32 Å². The van der Waals surface area contributed by atoms with Gasteiger partial charge in [-0.3, -0.25) is 9.90 Å². The molecule has 0 spiro atoms. The summed E-state index contributed by atoms with van der Waals surface area (Å²) in [5.41, 5.74) is 0.118. The minimum absolute atomic E-state index is 0.118. The molecule has 1 heterocycles. The standard InChI is InChI=1S/C5H6N3O2/c1-6-5(10)3-2-4(9)8-7-3/h2H,1H3,(H,6,10)(H,7,8). The normalized spacial score (nSPS) is 9.30. The van der Waals surface area contributed by atoms with E-state index in [9.17, 15) is 9.90 Å². The summed E-state index contributed by atoms with van der Waals surface area (Å²) in [6.07, 6.45) is 0. The molecule has 0 fully saturated rings. The van der Waals surface area contributed by atoms with E-state index in [0.717, 1.165) is 6.07 Å². The first-order chi connectivity index (χ1) is 4.74. The Morgan fingerprint density at radius 1 is 1.80 bits per heavy atom. The van der Waals surface area contributed by atoms with E-state index >= 15 is 0 Å². The van der Waals surface area contributed by atoms with Gasteiger partial charge >= 0.3 is 0 Å². The molecule has 5 heteroatoms. The van der Waals surface area contributed by atoms with Crippen molar-refractivity contribution < 1.29 is 9.90 Å². The topological polar surface area (TPSA) is 77.7 Å². The fourth-order valence-electron chi connectivity index (χ4n) is 0.548. The van der Waals surface area contributed by atoms with Crippen molar-refractivity contribution in [2.45, 2.75) is 0 Å². The van der Waals surface area contributed by atoms with E-state index in [1.165, 1.54) is 7.05 Å². The second-order valence-electron chi connectivity index (χ2n) is 1.70. The van der Waals surface area contributed by atoms with E-state index in [-0.39, 0.29) is 17.5 Å².